The first-order chi connectivity index (χ1) is 12.2. The summed E-state index contributed by atoms with van der Waals surface area (Å²) in [4.78, 5) is 4.63. The summed E-state index contributed by atoms with van der Waals surface area (Å²) in [6.45, 7) is 1.99. The van der Waals surface area contributed by atoms with Crippen LogP contribution in [0.1, 0.15) is 5.56 Å². The molecule has 0 spiro atoms. The van der Waals surface area contributed by atoms with E-state index in [1.54, 1.807) is 26.9 Å². The first-order valence-corrected chi connectivity index (χ1v) is 7.68. The standard InChI is InChI=1S/C18H16N4O3/c1-11-6-13(22-9-19-20-10-22)8-14-17(11)25-18(21-14)12-4-5-15(23-2)16(7-12)24-3/h4-10H,1-3H3. The number of aromatic nitrogens is 4. The third-order valence-corrected chi connectivity index (χ3v) is 4.01. The molecule has 0 saturated carbocycles. The van der Waals surface area contributed by atoms with Crippen molar-refractivity contribution in [2.24, 2.45) is 0 Å². The van der Waals surface area contributed by atoms with E-state index in [0.717, 1.165) is 27.9 Å². The summed E-state index contributed by atoms with van der Waals surface area (Å²) in [7, 11) is 3.20. The van der Waals surface area contributed by atoms with E-state index in [4.69, 9.17) is 13.9 Å². The summed E-state index contributed by atoms with van der Waals surface area (Å²) in [6.07, 6.45) is 3.30. The Labute approximate surface area is 143 Å². The Morgan fingerprint density at radius 3 is 2.44 bits per heavy atom. The summed E-state index contributed by atoms with van der Waals surface area (Å²) in [5.74, 6) is 1.82. The quantitative estimate of drug-likeness (QED) is 0.568. The highest BCUT2D eigenvalue weighted by molar-refractivity contribution is 5.81. The van der Waals surface area contributed by atoms with Gasteiger partial charge in [0.1, 0.15) is 18.2 Å². The Morgan fingerprint density at radius 1 is 0.960 bits per heavy atom. The Balaban J connectivity index is 1.83. The molecule has 0 N–H and O–H groups in total. The largest absolute Gasteiger partial charge is 0.493 e. The summed E-state index contributed by atoms with van der Waals surface area (Å²) in [5, 5.41) is 7.68. The van der Waals surface area contributed by atoms with Crippen LogP contribution in [0.25, 0.3) is 28.2 Å². The zero-order chi connectivity index (χ0) is 17.4. The molecule has 7 heteroatoms. The lowest BCUT2D eigenvalue weighted by Crippen LogP contribution is -1.91. The van der Waals surface area contributed by atoms with E-state index in [-0.39, 0.29) is 0 Å². The highest BCUT2D eigenvalue weighted by atomic mass is 16.5. The number of hydrogen-bond donors (Lipinski definition) is 0. The van der Waals surface area contributed by atoms with E-state index in [1.807, 2.05) is 41.8 Å². The van der Waals surface area contributed by atoms with Crippen molar-refractivity contribution < 1.29 is 13.9 Å². The van der Waals surface area contributed by atoms with Gasteiger partial charge in [-0.15, -0.1) is 10.2 Å². The summed E-state index contributed by atoms with van der Waals surface area (Å²) in [5.41, 5.74) is 4.26. The lowest BCUT2D eigenvalue weighted by atomic mass is 10.2. The van der Waals surface area contributed by atoms with Crippen molar-refractivity contribution in [3.63, 3.8) is 0 Å². The molecule has 0 aliphatic rings. The van der Waals surface area contributed by atoms with Gasteiger partial charge < -0.3 is 13.9 Å². The Hall–Kier alpha value is -3.35. The van der Waals surface area contributed by atoms with Crippen molar-refractivity contribution >= 4 is 11.1 Å². The maximum Gasteiger partial charge on any atom is 0.227 e. The lowest BCUT2D eigenvalue weighted by molar-refractivity contribution is 0.355. The van der Waals surface area contributed by atoms with Crippen LogP contribution in [0.2, 0.25) is 0 Å². The topological polar surface area (TPSA) is 75.2 Å². The molecular weight excluding hydrogens is 320 g/mol. The second kappa shape index (κ2) is 5.94. The summed E-state index contributed by atoms with van der Waals surface area (Å²) >= 11 is 0. The van der Waals surface area contributed by atoms with Gasteiger partial charge in [0.05, 0.1) is 19.9 Å². The van der Waals surface area contributed by atoms with Crippen LogP contribution in [0, 0.1) is 6.92 Å². The van der Waals surface area contributed by atoms with E-state index in [0.29, 0.717) is 17.4 Å². The van der Waals surface area contributed by atoms with Gasteiger partial charge in [-0.2, -0.15) is 0 Å². The number of ether oxygens (including phenoxy) is 2. The van der Waals surface area contributed by atoms with Crippen LogP contribution in [0.4, 0.5) is 0 Å². The van der Waals surface area contributed by atoms with Gasteiger partial charge in [-0.05, 0) is 42.8 Å². The molecule has 4 rings (SSSR count). The molecule has 2 heterocycles. The molecule has 0 saturated heterocycles. The van der Waals surface area contributed by atoms with Crippen LogP contribution < -0.4 is 9.47 Å². The molecule has 126 valence electrons. The molecule has 0 amide bonds. The number of nitrogens with zero attached hydrogens (tertiary/aromatic N) is 4. The Bertz CT molecular complexity index is 1040. The molecule has 2 aromatic heterocycles. The van der Waals surface area contributed by atoms with E-state index in [1.165, 1.54) is 0 Å². The van der Waals surface area contributed by atoms with E-state index in [9.17, 15) is 0 Å². The third kappa shape index (κ3) is 2.59. The van der Waals surface area contributed by atoms with Gasteiger partial charge in [0.25, 0.3) is 0 Å². The van der Waals surface area contributed by atoms with Crippen molar-refractivity contribution in [1.29, 1.82) is 0 Å². The number of benzene rings is 2. The first kappa shape index (κ1) is 15.2. The monoisotopic (exact) mass is 336 g/mol. The van der Waals surface area contributed by atoms with E-state index in [2.05, 4.69) is 15.2 Å². The van der Waals surface area contributed by atoms with Crippen molar-refractivity contribution in [3.05, 3.63) is 48.5 Å². The number of hydrogen-bond acceptors (Lipinski definition) is 6. The maximum absolute atomic E-state index is 5.98. The maximum atomic E-state index is 5.98. The fourth-order valence-corrected chi connectivity index (χ4v) is 2.76. The van der Waals surface area contributed by atoms with Crippen LogP contribution in [0.5, 0.6) is 11.5 Å². The van der Waals surface area contributed by atoms with Crippen molar-refractivity contribution in [3.8, 4) is 28.6 Å². The number of fused-ring (bicyclic) bond motifs is 1. The van der Waals surface area contributed by atoms with Crippen LogP contribution in [-0.2, 0) is 0 Å². The SMILES string of the molecule is COc1ccc(-c2nc3cc(-n4cnnc4)cc(C)c3o2)cc1OC. The normalized spacial score (nSPS) is 11.0. The molecule has 25 heavy (non-hydrogen) atoms. The minimum Gasteiger partial charge on any atom is -0.493 e. The van der Waals surface area contributed by atoms with Crippen LogP contribution in [0.15, 0.2) is 47.4 Å². The molecule has 0 radical (unpaired) electrons. The van der Waals surface area contributed by atoms with E-state index < -0.39 is 0 Å². The third-order valence-electron chi connectivity index (χ3n) is 4.01. The second-order valence-electron chi connectivity index (χ2n) is 5.57. The number of rotatable bonds is 4. The average Bonchev–Trinajstić information content (AvgIpc) is 3.30. The van der Waals surface area contributed by atoms with E-state index >= 15 is 0 Å². The smallest absolute Gasteiger partial charge is 0.227 e. The van der Waals surface area contributed by atoms with Crippen LogP contribution in [0.3, 0.4) is 0 Å². The van der Waals surface area contributed by atoms with Gasteiger partial charge in [-0.3, -0.25) is 4.57 Å². The predicted octanol–water partition coefficient (Wildman–Crippen LogP) is 3.40. The molecule has 2 aromatic carbocycles. The highest BCUT2D eigenvalue weighted by Gasteiger charge is 2.14. The molecule has 0 bridgehead atoms. The molecule has 7 nitrogen and oxygen atoms in total. The molecule has 0 aliphatic carbocycles. The average molecular weight is 336 g/mol. The molecule has 4 aromatic rings. The highest BCUT2D eigenvalue weighted by Crippen LogP contribution is 2.34. The zero-order valence-corrected chi connectivity index (χ0v) is 14.1. The minimum absolute atomic E-state index is 0.528. The fourth-order valence-electron chi connectivity index (χ4n) is 2.76. The van der Waals surface area contributed by atoms with Crippen molar-refractivity contribution in [2.75, 3.05) is 14.2 Å². The zero-order valence-electron chi connectivity index (χ0n) is 14.1. The lowest BCUT2D eigenvalue weighted by Gasteiger charge is -2.07. The summed E-state index contributed by atoms with van der Waals surface area (Å²) in [6, 6.07) is 9.52. The van der Waals surface area contributed by atoms with Crippen LogP contribution >= 0.6 is 0 Å². The van der Waals surface area contributed by atoms with Crippen molar-refractivity contribution in [1.82, 2.24) is 19.7 Å². The van der Waals surface area contributed by atoms with Gasteiger partial charge >= 0.3 is 0 Å². The van der Waals surface area contributed by atoms with Gasteiger partial charge in [0, 0.05) is 5.56 Å². The number of oxazole rings is 1. The summed E-state index contributed by atoms with van der Waals surface area (Å²) < 4.78 is 18.4. The minimum atomic E-state index is 0.528. The Morgan fingerprint density at radius 2 is 1.72 bits per heavy atom. The number of aryl methyl sites for hydroxylation is 1. The first-order valence-electron chi connectivity index (χ1n) is 7.68. The van der Waals surface area contributed by atoms with Crippen LogP contribution in [-0.4, -0.2) is 34.0 Å². The molecule has 0 atom stereocenters. The predicted molar refractivity (Wildman–Crippen MR) is 92.2 cm³/mol. The second-order valence-corrected chi connectivity index (χ2v) is 5.57. The molecule has 0 unspecified atom stereocenters. The fraction of sp³-hybridized carbons (Fsp3) is 0.167. The Kier molecular flexibility index (Phi) is 3.61. The van der Waals surface area contributed by atoms with Gasteiger partial charge in [-0.25, -0.2) is 4.98 Å². The molecule has 0 fully saturated rings. The van der Waals surface area contributed by atoms with Gasteiger partial charge in [-0.1, -0.05) is 0 Å². The van der Waals surface area contributed by atoms with Crippen molar-refractivity contribution in [2.45, 2.75) is 6.92 Å². The van der Waals surface area contributed by atoms with Gasteiger partial charge in [0.15, 0.2) is 17.1 Å². The molecular formula is C18H16N4O3. The molecule has 0 aliphatic heterocycles. The number of methoxy groups -OCH3 is 2. The van der Waals surface area contributed by atoms with Gasteiger partial charge in [0.2, 0.25) is 5.89 Å².